The molecule has 2 nitrogen and oxygen atoms in total. The van der Waals surface area contributed by atoms with E-state index in [2.05, 4.69) is 4.99 Å². The van der Waals surface area contributed by atoms with Gasteiger partial charge in [-0.1, -0.05) is 23.2 Å². The number of aliphatic imine (C=N–C) groups is 1. The van der Waals surface area contributed by atoms with Gasteiger partial charge in [0.15, 0.2) is 0 Å². The van der Waals surface area contributed by atoms with Crippen molar-refractivity contribution in [1.29, 1.82) is 0 Å². The summed E-state index contributed by atoms with van der Waals surface area (Å²) in [6.07, 6.45) is 2.26. The highest BCUT2D eigenvalue weighted by atomic mass is 35.5. The molecule has 2 N–H and O–H groups in total. The SMILES string of the molecule is NC(=Nc1cc(Cl)ccc1Cl)C1CC1. The van der Waals surface area contributed by atoms with E-state index in [1.165, 1.54) is 0 Å². The van der Waals surface area contributed by atoms with Gasteiger partial charge in [-0.25, -0.2) is 4.99 Å². The van der Waals surface area contributed by atoms with Crippen LogP contribution in [0, 0.1) is 5.92 Å². The maximum absolute atomic E-state index is 5.94. The number of rotatable bonds is 2. The summed E-state index contributed by atoms with van der Waals surface area (Å²) in [6.45, 7) is 0. The molecule has 1 aromatic carbocycles. The van der Waals surface area contributed by atoms with Crippen LogP contribution in [0.1, 0.15) is 12.8 Å². The Balaban J connectivity index is 2.30. The lowest BCUT2D eigenvalue weighted by Crippen LogP contribution is -2.13. The molecule has 2 rings (SSSR count). The van der Waals surface area contributed by atoms with Gasteiger partial charge in [0.1, 0.15) is 5.84 Å². The molecule has 0 radical (unpaired) electrons. The van der Waals surface area contributed by atoms with Crippen LogP contribution in [0.2, 0.25) is 10.0 Å². The van der Waals surface area contributed by atoms with E-state index in [1.807, 2.05) is 0 Å². The average molecular weight is 229 g/mol. The molecule has 0 spiro atoms. The first-order valence-corrected chi connectivity index (χ1v) is 5.21. The zero-order valence-electron chi connectivity index (χ0n) is 7.50. The normalized spacial score (nSPS) is 17.1. The molecule has 1 saturated carbocycles. The van der Waals surface area contributed by atoms with E-state index in [4.69, 9.17) is 28.9 Å². The first-order valence-electron chi connectivity index (χ1n) is 4.46. The van der Waals surface area contributed by atoms with Gasteiger partial charge < -0.3 is 5.73 Å². The van der Waals surface area contributed by atoms with Crippen LogP contribution in [0.25, 0.3) is 0 Å². The van der Waals surface area contributed by atoms with Crippen molar-refractivity contribution in [3.8, 4) is 0 Å². The fourth-order valence-electron chi connectivity index (χ4n) is 1.18. The number of amidine groups is 1. The third-order valence-corrected chi connectivity index (χ3v) is 2.71. The third-order valence-electron chi connectivity index (χ3n) is 2.15. The summed E-state index contributed by atoms with van der Waals surface area (Å²) < 4.78 is 0. The summed E-state index contributed by atoms with van der Waals surface area (Å²) in [4.78, 5) is 4.26. The van der Waals surface area contributed by atoms with Crippen molar-refractivity contribution in [1.82, 2.24) is 0 Å². The summed E-state index contributed by atoms with van der Waals surface area (Å²) in [5, 5.41) is 1.20. The van der Waals surface area contributed by atoms with Crippen molar-refractivity contribution in [3.63, 3.8) is 0 Å². The Bertz CT molecular complexity index is 384. The molecule has 0 bridgehead atoms. The van der Waals surface area contributed by atoms with E-state index >= 15 is 0 Å². The molecule has 0 aromatic heterocycles. The number of hydrogen-bond donors (Lipinski definition) is 1. The average Bonchev–Trinajstić information content (AvgIpc) is 2.94. The van der Waals surface area contributed by atoms with Gasteiger partial charge in [0.2, 0.25) is 0 Å². The minimum atomic E-state index is 0.449. The summed E-state index contributed by atoms with van der Waals surface area (Å²) in [6, 6.07) is 5.18. The molecule has 0 unspecified atom stereocenters. The molecule has 14 heavy (non-hydrogen) atoms. The Hall–Kier alpha value is -0.730. The fraction of sp³-hybridized carbons (Fsp3) is 0.300. The van der Waals surface area contributed by atoms with Gasteiger partial charge in [-0.3, -0.25) is 0 Å². The maximum atomic E-state index is 5.94. The molecular weight excluding hydrogens is 219 g/mol. The Kier molecular flexibility index (Phi) is 2.66. The molecular formula is C10H10Cl2N2. The Morgan fingerprint density at radius 3 is 2.71 bits per heavy atom. The van der Waals surface area contributed by atoms with Gasteiger partial charge >= 0.3 is 0 Å². The third kappa shape index (κ3) is 2.20. The minimum absolute atomic E-state index is 0.449. The molecule has 0 atom stereocenters. The smallest absolute Gasteiger partial charge is 0.103 e. The topological polar surface area (TPSA) is 38.4 Å². The lowest BCUT2D eigenvalue weighted by Gasteiger charge is -2.01. The van der Waals surface area contributed by atoms with Crippen molar-refractivity contribution in [2.45, 2.75) is 12.8 Å². The van der Waals surface area contributed by atoms with Gasteiger partial charge in [-0.2, -0.15) is 0 Å². The molecule has 1 fully saturated rings. The highest BCUT2D eigenvalue weighted by Gasteiger charge is 2.25. The second-order valence-electron chi connectivity index (χ2n) is 3.41. The Morgan fingerprint density at radius 1 is 1.36 bits per heavy atom. The zero-order chi connectivity index (χ0) is 10.1. The number of halogens is 2. The predicted octanol–water partition coefficient (Wildman–Crippen LogP) is 3.39. The molecule has 0 amide bonds. The Morgan fingerprint density at radius 2 is 2.07 bits per heavy atom. The van der Waals surface area contributed by atoms with Crippen molar-refractivity contribution >= 4 is 34.7 Å². The van der Waals surface area contributed by atoms with Crippen LogP contribution in [-0.4, -0.2) is 5.84 Å². The molecule has 0 heterocycles. The predicted molar refractivity (Wildman–Crippen MR) is 60.5 cm³/mol. The quantitative estimate of drug-likeness (QED) is 0.612. The minimum Gasteiger partial charge on any atom is -0.387 e. The van der Waals surface area contributed by atoms with E-state index in [-0.39, 0.29) is 0 Å². The summed E-state index contributed by atoms with van der Waals surface area (Å²) in [5.74, 6) is 1.11. The van der Waals surface area contributed by atoms with E-state index in [1.54, 1.807) is 18.2 Å². The van der Waals surface area contributed by atoms with E-state index in [0.717, 1.165) is 12.8 Å². The maximum Gasteiger partial charge on any atom is 0.103 e. The summed E-state index contributed by atoms with van der Waals surface area (Å²) >= 11 is 11.8. The van der Waals surface area contributed by atoms with E-state index in [9.17, 15) is 0 Å². The molecule has 1 aliphatic carbocycles. The van der Waals surface area contributed by atoms with Crippen LogP contribution in [0.4, 0.5) is 5.69 Å². The standard InChI is InChI=1S/C10H10Cl2N2/c11-7-3-4-8(12)9(5-7)14-10(13)6-1-2-6/h3-6H,1-2H2,(H2,13,14). The highest BCUT2D eigenvalue weighted by molar-refractivity contribution is 6.35. The van der Waals surface area contributed by atoms with Gasteiger partial charge in [0.05, 0.1) is 10.7 Å². The molecule has 4 heteroatoms. The first kappa shape index (κ1) is 9.81. The summed E-state index contributed by atoms with van der Waals surface area (Å²) in [5.41, 5.74) is 6.43. The zero-order valence-corrected chi connectivity index (χ0v) is 9.02. The van der Waals surface area contributed by atoms with Crippen LogP contribution in [0.5, 0.6) is 0 Å². The second kappa shape index (κ2) is 3.79. The monoisotopic (exact) mass is 228 g/mol. The summed E-state index contributed by atoms with van der Waals surface area (Å²) in [7, 11) is 0. The molecule has 0 aliphatic heterocycles. The van der Waals surface area contributed by atoms with Crippen molar-refractivity contribution in [3.05, 3.63) is 28.2 Å². The largest absolute Gasteiger partial charge is 0.387 e. The van der Waals surface area contributed by atoms with Crippen molar-refractivity contribution < 1.29 is 0 Å². The van der Waals surface area contributed by atoms with Crippen molar-refractivity contribution in [2.24, 2.45) is 16.6 Å². The van der Waals surface area contributed by atoms with Gasteiger partial charge in [0, 0.05) is 10.9 Å². The van der Waals surface area contributed by atoms with Gasteiger partial charge in [-0.15, -0.1) is 0 Å². The number of nitrogens with zero attached hydrogens (tertiary/aromatic N) is 1. The molecule has 0 saturated heterocycles. The molecule has 1 aromatic rings. The first-order chi connectivity index (χ1) is 6.66. The lowest BCUT2D eigenvalue weighted by atomic mass is 10.3. The lowest BCUT2D eigenvalue weighted by molar-refractivity contribution is 1.15. The highest BCUT2D eigenvalue weighted by Crippen LogP contribution is 2.33. The Labute approximate surface area is 92.7 Å². The van der Waals surface area contributed by atoms with Crippen molar-refractivity contribution in [2.75, 3.05) is 0 Å². The number of benzene rings is 1. The molecule has 74 valence electrons. The fourth-order valence-corrected chi connectivity index (χ4v) is 1.51. The van der Waals surface area contributed by atoms with Gasteiger partial charge in [0.25, 0.3) is 0 Å². The second-order valence-corrected chi connectivity index (χ2v) is 4.25. The van der Waals surface area contributed by atoms with Crippen LogP contribution >= 0.6 is 23.2 Å². The van der Waals surface area contributed by atoms with Gasteiger partial charge in [-0.05, 0) is 31.0 Å². The van der Waals surface area contributed by atoms with Crippen LogP contribution < -0.4 is 5.73 Å². The van der Waals surface area contributed by atoms with Crippen LogP contribution in [-0.2, 0) is 0 Å². The van der Waals surface area contributed by atoms with E-state index < -0.39 is 0 Å². The van der Waals surface area contributed by atoms with Crippen LogP contribution in [0.15, 0.2) is 23.2 Å². The van der Waals surface area contributed by atoms with Crippen LogP contribution in [0.3, 0.4) is 0 Å². The number of nitrogens with two attached hydrogens (primary N) is 1. The molecule has 1 aliphatic rings. The van der Waals surface area contributed by atoms with E-state index in [0.29, 0.717) is 27.5 Å². The number of hydrogen-bond acceptors (Lipinski definition) is 1.